The number of aryl methyl sites for hydroxylation is 1. The fraction of sp³-hybridized carbons (Fsp3) is 0.182. The third-order valence-corrected chi connectivity index (χ3v) is 2.73. The summed E-state index contributed by atoms with van der Waals surface area (Å²) in [6, 6.07) is 5.90. The van der Waals surface area contributed by atoms with Crippen LogP contribution in [-0.2, 0) is 11.2 Å². The van der Waals surface area contributed by atoms with Gasteiger partial charge in [0.25, 0.3) is 0 Å². The molecule has 0 bridgehead atoms. The Hall–Kier alpha value is -1.28. The average Bonchev–Trinajstić information content (AvgIpc) is 2.66. The molecule has 0 spiro atoms. The van der Waals surface area contributed by atoms with E-state index in [1.165, 1.54) is 0 Å². The Morgan fingerprint density at radius 3 is 3.00 bits per heavy atom. The van der Waals surface area contributed by atoms with Crippen LogP contribution in [0.4, 0.5) is 0 Å². The van der Waals surface area contributed by atoms with Crippen LogP contribution in [0, 0.1) is 0 Å². The lowest BCUT2D eigenvalue weighted by atomic mass is 10.1. The Bertz CT molecular complexity index is 461. The smallest absolute Gasteiger partial charge is 0.120 e. The SMILES string of the molecule is O=CCCc1ccc2[nH]ccc2c1Cl. The fourth-order valence-electron chi connectivity index (χ4n) is 1.55. The molecule has 2 aromatic rings. The minimum atomic E-state index is 0.523. The van der Waals surface area contributed by atoms with Gasteiger partial charge in [-0.05, 0) is 24.1 Å². The Labute approximate surface area is 86.9 Å². The lowest BCUT2D eigenvalue weighted by Gasteiger charge is -2.02. The highest BCUT2D eigenvalue weighted by Crippen LogP contribution is 2.27. The number of H-pyrrole nitrogens is 1. The minimum Gasteiger partial charge on any atom is -0.361 e. The van der Waals surface area contributed by atoms with E-state index in [0.29, 0.717) is 12.8 Å². The van der Waals surface area contributed by atoms with Crippen LogP contribution >= 0.6 is 11.6 Å². The van der Waals surface area contributed by atoms with Gasteiger partial charge in [-0.3, -0.25) is 0 Å². The van der Waals surface area contributed by atoms with Crippen molar-refractivity contribution in [1.82, 2.24) is 4.98 Å². The van der Waals surface area contributed by atoms with Crippen molar-refractivity contribution in [3.8, 4) is 0 Å². The van der Waals surface area contributed by atoms with Crippen LogP contribution in [0.1, 0.15) is 12.0 Å². The molecule has 0 radical (unpaired) electrons. The molecular weight excluding hydrogens is 198 g/mol. The number of benzene rings is 1. The summed E-state index contributed by atoms with van der Waals surface area (Å²) in [4.78, 5) is 13.3. The zero-order valence-corrected chi connectivity index (χ0v) is 8.34. The van der Waals surface area contributed by atoms with Crippen LogP contribution in [0.2, 0.25) is 5.02 Å². The van der Waals surface area contributed by atoms with Crippen molar-refractivity contribution in [3.05, 3.63) is 35.0 Å². The van der Waals surface area contributed by atoms with Gasteiger partial charge < -0.3 is 9.78 Å². The maximum atomic E-state index is 10.3. The number of aldehydes is 1. The Morgan fingerprint density at radius 2 is 2.21 bits per heavy atom. The summed E-state index contributed by atoms with van der Waals surface area (Å²) in [7, 11) is 0. The summed E-state index contributed by atoms with van der Waals surface area (Å²) in [5, 5.41) is 1.78. The summed E-state index contributed by atoms with van der Waals surface area (Å²) < 4.78 is 0. The van der Waals surface area contributed by atoms with E-state index in [1.807, 2.05) is 24.4 Å². The van der Waals surface area contributed by atoms with E-state index in [1.54, 1.807) is 0 Å². The maximum absolute atomic E-state index is 10.3. The Balaban J connectivity index is 2.45. The molecule has 1 heterocycles. The number of rotatable bonds is 3. The summed E-state index contributed by atoms with van der Waals surface area (Å²) in [5.41, 5.74) is 2.07. The molecule has 0 atom stereocenters. The van der Waals surface area contributed by atoms with E-state index in [9.17, 15) is 4.79 Å². The van der Waals surface area contributed by atoms with Gasteiger partial charge in [0.15, 0.2) is 0 Å². The molecule has 3 heteroatoms. The lowest BCUT2D eigenvalue weighted by molar-refractivity contribution is -0.107. The van der Waals surface area contributed by atoms with Crippen LogP contribution in [0.3, 0.4) is 0 Å². The van der Waals surface area contributed by atoms with Crippen molar-refractivity contribution in [2.24, 2.45) is 0 Å². The molecule has 1 N–H and O–H groups in total. The molecule has 0 fully saturated rings. The van der Waals surface area contributed by atoms with Crippen LogP contribution in [-0.4, -0.2) is 11.3 Å². The molecule has 0 saturated heterocycles. The van der Waals surface area contributed by atoms with Gasteiger partial charge >= 0.3 is 0 Å². The number of hydrogen-bond donors (Lipinski definition) is 1. The quantitative estimate of drug-likeness (QED) is 0.772. The molecule has 0 amide bonds. The molecule has 0 aliphatic rings. The maximum Gasteiger partial charge on any atom is 0.120 e. The van der Waals surface area contributed by atoms with Gasteiger partial charge in [0, 0.05) is 23.5 Å². The van der Waals surface area contributed by atoms with Crippen LogP contribution in [0.5, 0.6) is 0 Å². The topological polar surface area (TPSA) is 32.9 Å². The molecule has 72 valence electrons. The monoisotopic (exact) mass is 207 g/mol. The molecular formula is C11H10ClNO. The molecule has 1 aromatic carbocycles. The first-order valence-electron chi connectivity index (χ1n) is 4.51. The highest BCUT2D eigenvalue weighted by atomic mass is 35.5. The zero-order chi connectivity index (χ0) is 9.97. The first-order valence-corrected chi connectivity index (χ1v) is 4.89. The molecule has 0 unspecified atom stereocenters. The Morgan fingerprint density at radius 1 is 1.36 bits per heavy atom. The molecule has 14 heavy (non-hydrogen) atoms. The minimum absolute atomic E-state index is 0.523. The standard InChI is InChI=1S/C11H10ClNO/c12-11-8(2-1-7-14)3-4-10-9(11)5-6-13-10/h3-7,13H,1-2H2. The van der Waals surface area contributed by atoms with E-state index in [4.69, 9.17) is 11.6 Å². The number of fused-ring (bicyclic) bond motifs is 1. The van der Waals surface area contributed by atoms with Gasteiger partial charge in [-0.1, -0.05) is 17.7 Å². The number of nitrogens with one attached hydrogen (secondary N) is 1. The van der Waals surface area contributed by atoms with Crippen molar-refractivity contribution < 1.29 is 4.79 Å². The first-order chi connectivity index (χ1) is 6.83. The van der Waals surface area contributed by atoms with Gasteiger partial charge in [0.05, 0.1) is 5.02 Å². The largest absolute Gasteiger partial charge is 0.361 e. The fourth-order valence-corrected chi connectivity index (χ4v) is 1.87. The molecule has 2 rings (SSSR count). The second kappa shape index (κ2) is 3.84. The van der Waals surface area contributed by atoms with E-state index in [0.717, 1.165) is 27.8 Å². The third-order valence-electron chi connectivity index (χ3n) is 2.28. The van der Waals surface area contributed by atoms with Crippen molar-refractivity contribution >= 4 is 28.8 Å². The van der Waals surface area contributed by atoms with Gasteiger partial charge in [0.1, 0.15) is 6.29 Å². The molecule has 0 aliphatic heterocycles. The predicted octanol–water partition coefficient (Wildman–Crippen LogP) is 2.95. The van der Waals surface area contributed by atoms with Crippen molar-refractivity contribution in [2.75, 3.05) is 0 Å². The number of aromatic nitrogens is 1. The number of aromatic amines is 1. The predicted molar refractivity (Wildman–Crippen MR) is 57.7 cm³/mol. The van der Waals surface area contributed by atoms with Crippen molar-refractivity contribution in [3.63, 3.8) is 0 Å². The number of halogens is 1. The number of hydrogen-bond acceptors (Lipinski definition) is 1. The van der Waals surface area contributed by atoms with Crippen molar-refractivity contribution in [2.45, 2.75) is 12.8 Å². The first kappa shape index (κ1) is 9.28. The lowest BCUT2D eigenvalue weighted by Crippen LogP contribution is -1.87. The van der Waals surface area contributed by atoms with Crippen LogP contribution < -0.4 is 0 Å². The zero-order valence-electron chi connectivity index (χ0n) is 7.59. The normalized spacial score (nSPS) is 10.6. The van der Waals surface area contributed by atoms with Gasteiger partial charge in [0.2, 0.25) is 0 Å². The van der Waals surface area contributed by atoms with E-state index >= 15 is 0 Å². The van der Waals surface area contributed by atoms with Gasteiger partial charge in [-0.2, -0.15) is 0 Å². The van der Waals surface area contributed by atoms with E-state index in [-0.39, 0.29) is 0 Å². The van der Waals surface area contributed by atoms with Gasteiger partial charge in [-0.15, -0.1) is 0 Å². The summed E-state index contributed by atoms with van der Waals surface area (Å²) >= 11 is 6.18. The van der Waals surface area contributed by atoms with Crippen LogP contribution in [0.15, 0.2) is 24.4 Å². The van der Waals surface area contributed by atoms with Gasteiger partial charge in [-0.25, -0.2) is 0 Å². The van der Waals surface area contributed by atoms with Crippen LogP contribution in [0.25, 0.3) is 10.9 Å². The van der Waals surface area contributed by atoms with Crippen molar-refractivity contribution in [1.29, 1.82) is 0 Å². The number of carbonyl (C=O) groups excluding carboxylic acids is 1. The average molecular weight is 208 g/mol. The second-order valence-electron chi connectivity index (χ2n) is 3.18. The van der Waals surface area contributed by atoms with E-state index in [2.05, 4.69) is 4.98 Å². The summed E-state index contributed by atoms with van der Waals surface area (Å²) in [5.74, 6) is 0. The Kier molecular flexibility index (Phi) is 2.55. The molecule has 1 aromatic heterocycles. The third kappa shape index (κ3) is 1.53. The molecule has 0 saturated carbocycles. The highest BCUT2D eigenvalue weighted by molar-refractivity contribution is 6.36. The highest BCUT2D eigenvalue weighted by Gasteiger charge is 2.05. The van der Waals surface area contributed by atoms with E-state index < -0.39 is 0 Å². The second-order valence-corrected chi connectivity index (χ2v) is 3.56. The molecule has 2 nitrogen and oxygen atoms in total. The summed E-state index contributed by atoms with van der Waals surface area (Å²) in [6.07, 6.45) is 4.01. The summed E-state index contributed by atoms with van der Waals surface area (Å²) in [6.45, 7) is 0. The molecule has 0 aliphatic carbocycles. The number of carbonyl (C=O) groups is 1.